The molecule has 0 spiro atoms. The van der Waals surface area contributed by atoms with Gasteiger partial charge in [-0.05, 0) is 25.7 Å². The minimum Gasteiger partial charge on any atom is -0.389 e. The number of ketones is 1. The molecule has 0 heterocycles. The van der Waals surface area contributed by atoms with E-state index < -0.39 is 11.0 Å². The van der Waals surface area contributed by atoms with Crippen molar-refractivity contribution in [1.82, 2.24) is 0 Å². The smallest absolute Gasteiger partial charge is 0.171 e. The number of carbonyl (C=O) groups excluding carboxylic acids is 1. The average Bonchev–Trinajstić information content (AvgIpc) is 2.56. The molecule has 0 aliphatic heterocycles. The third kappa shape index (κ3) is 2.55. The number of hydrogen-bond acceptors (Lipinski definition) is 2. The Hall–Kier alpha value is -1.15. The number of rotatable bonds is 3. The molecule has 114 valence electrons. The van der Waals surface area contributed by atoms with Crippen LogP contribution in [-0.4, -0.2) is 16.5 Å². The van der Waals surface area contributed by atoms with Crippen LogP contribution in [0, 0.1) is 5.41 Å². The monoisotopic (exact) mass is 286 g/mol. The Morgan fingerprint density at radius 2 is 1.33 bits per heavy atom. The third-order valence-corrected chi connectivity index (χ3v) is 5.75. The summed E-state index contributed by atoms with van der Waals surface area (Å²) in [5, 5.41) is 11.4. The number of carbonyl (C=O) groups is 1. The molecule has 3 rings (SSSR count). The lowest BCUT2D eigenvalue weighted by Gasteiger charge is -2.50. The van der Waals surface area contributed by atoms with Crippen molar-refractivity contribution in [3.05, 3.63) is 35.9 Å². The zero-order valence-corrected chi connectivity index (χ0v) is 12.8. The summed E-state index contributed by atoms with van der Waals surface area (Å²) in [6.45, 7) is 0. The van der Waals surface area contributed by atoms with Crippen LogP contribution in [0.25, 0.3) is 0 Å². The maximum atomic E-state index is 13.3. The van der Waals surface area contributed by atoms with Gasteiger partial charge in [-0.25, -0.2) is 0 Å². The molecule has 0 aromatic heterocycles. The quantitative estimate of drug-likeness (QED) is 0.830. The van der Waals surface area contributed by atoms with Gasteiger partial charge in [0.1, 0.15) is 0 Å². The van der Waals surface area contributed by atoms with E-state index in [-0.39, 0.29) is 5.78 Å². The first kappa shape index (κ1) is 14.8. The molecule has 21 heavy (non-hydrogen) atoms. The Morgan fingerprint density at radius 3 is 1.90 bits per heavy atom. The maximum absolute atomic E-state index is 13.3. The second-order valence-electron chi connectivity index (χ2n) is 6.93. The summed E-state index contributed by atoms with van der Waals surface area (Å²) in [4.78, 5) is 13.3. The Kier molecular flexibility index (Phi) is 4.17. The Morgan fingerprint density at radius 1 is 0.810 bits per heavy atom. The summed E-state index contributed by atoms with van der Waals surface area (Å²) in [7, 11) is 0. The van der Waals surface area contributed by atoms with E-state index in [4.69, 9.17) is 0 Å². The van der Waals surface area contributed by atoms with Gasteiger partial charge in [0.25, 0.3) is 0 Å². The van der Waals surface area contributed by atoms with Gasteiger partial charge in [0.2, 0.25) is 0 Å². The molecule has 2 heteroatoms. The molecular weight excluding hydrogens is 260 g/mol. The van der Waals surface area contributed by atoms with Crippen LogP contribution in [0.2, 0.25) is 0 Å². The lowest BCUT2D eigenvalue weighted by molar-refractivity contribution is -0.104. The van der Waals surface area contributed by atoms with Gasteiger partial charge in [-0.15, -0.1) is 0 Å². The lowest BCUT2D eigenvalue weighted by atomic mass is 9.56. The number of benzene rings is 1. The molecule has 2 fully saturated rings. The van der Waals surface area contributed by atoms with Crippen molar-refractivity contribution >= 4 is 5.78 Å². The molecule has 2 saturated carbocycles. The molecule has 0 saturated heterocycles. The van der Waals surface area contributed by atoms with Gasteiger partial charge in [-0.3, -0.25) is 4.79 Å². The zero-order valence-electron chi connectivity index (χ0n) is 12.8. The second kappa shape index (κ2) is 5.92. The Bertz CT molecular complexity index is 480. The molecule has 1 aromatic rings. The van der Waals surface area contributed by atoms with E-state index in [0.717, 1.165) is 56.9 Å². The van der Waals surface area contributed by atoms with E-state index in [1.807, 2.05) is 30.3 Å². The van der Waals surface area contributed by atoms with E-state index in [1.165, 1.54) is 12.8 Å². The van der Waals surface area contributed by atoms with Crippen LogP contribution in [0.1, 0.15) is 74.6 Å². The van der Waals surface area contributed by atoms with Crippen molar-refractivity contribution in [2.75, 3.05) is 0 Å². The van der Waals surface area contributed by atoms with E-state index in [1.54, 1.807) is 0 Å². The van der Waals surface area contributed by atoms with Crippen LogP contribution in [0.15, 0.2) is 30.3 Å². The molecule has 0 atom stereocenters. The number of hydrogen-bond donors (Lipinski definition) is 1. The van der Waals surface area contributed by atoms with E-state index in [9.17, 15) is 9.90 Å². The van der Waals surface area contributed by atoms with Crippen LogP contribution in [0.5, 0.6) is 0 Å². The summed E-state index contributed by atoms with van der Waals surface area (Å²) in [5.74, 6) is 0.187. The fourth-order valence-electron chi connectivity index (χ4n) is 4.54. The first-order valence-corrected chi connectivity index (χ1v) is 8.50. The highest BCUT2D eigenvalue weighted by molar-refractivity contribution is 6.01. The van der Waals surface area contributed by atoms with Gasteiger partial charge in [0.05, 0.1) is 11.0 Å². The topological polar surface area (TPSA) is 37.3 Å². The van der Waals surface area contributed by atoms with Gasteiger partial charge in [0.15, 0.2) is 5.78 Å². The lowest BCUT2D eigenvalue weighted by Crippen LogP contribution is -2.55. The highest BCUT2D eigenvalue weighted by atomic mass is 16.3. The van der Waals surface area contributed by atoms with Crippen molar-refractivity contribution in [2.24, 2.45) is 5.41 Å². The summed E-state index contributed by atoms with van der Waals surface area (Å²) in [6.07, 6.45) is 9.95. The fraction of sp³-hybridized carbons (Fsp3) is 0.632. The van der Waals surface area contributed by atoms with Crippen LogP contribution in [-0.2, 0) is 0 Å². The molecule has 0 unspecified atom stereocenters. The van der Waals surface area contributed by atoms with Crippen LogP contribution < -0.4 is 0 Å². The third-order valence-electron chi connectivity index (χ3n) is 5.75. The van der Waals surface area contributed by atoms with Gasteiger partial charge < -0.3 is 5.11 Å². The first-order valence-electron chi connectivity index (χ1n) is 8.50. The SMILES string of the molecule is O=C(c1ccccc1)C1(C2(O)CCCCC2)CCCCC1. The predicted octanol–water partition coefficient (Wildman–Crippen LogP) is 4.52. The van der Waals surface area contributed by atoms with Gasteiger partial charge in [0, 0.05) is 5.56 Å². The van der Waals surface area contributed by atoms with Crippen molar-refractivity contribution in [3.8, 4) is 0 Å². The minimum atomic E-state index is -0.779. The molecule has 0 radical (unpaired) electrons. The van der Waals surface area contributed by atoms with Gasteiger partial charge >= 0.3 is 0 Å². The summed E-state index contributed by atoms with van der Waals surface area (Å²) < 4.78 is 0. The van der Waals surface area contributed by atoms with Gasteiger partial charge in [-0.1, -0.05) is 68.9 Å². The van der Waals surface area contributed by atoms with E-state index >= 15 is 0 Å². The molecule has 1 aromatic carbocycles. The Labute approximate surface area is 127 Å². The fourth-order valence-corrected chi connectivity index (χ4v) is 4.54. The van der Waals surface area contributed by atoms with Crippen LogP contribution >= 0.6 is 0 Å². The van der Waals surface area contributed by atoms with Crippen molar-refractivity contribution < 1.29 is 9.90 Å². The number of Topliss-reactive ketones (excluding diaryl/α,β-unsaturated/α-hetero) is 1. The number of aliphatic hydroxyl groups is 1. The van der Waals surface area contributed by atoms with Crippen LogP contribution in [0.4, 0.5) is 0 Å². The van der Waals surface area contributed by atoms with Crippen molar-refractivity contribution in [2.45, 2.75) is 69.8 Å². The highest BCUT2D eigenvalue weighted by Gasteiger charge is 2.55. The molecule has 1 N–H and O–H groups in total. The summed E-state index contributed by atoms with van der Waals surface area (Å²) in [5.41, 5.74) is -0.538. The zero-order chi connectivity index (χ0) is 14.8. The second-order valence-corrected chi connectivity index (χ2v) is 6.93. The highest BCUT2D eigenvalue weighted by Crippen LogP contribution is 2.52. The normalized spacial score (nSPS) is 24.4. The molecule has 0 bridgehead atoms. The molecule has 0 amide bonds. The van der Waals surface area contributed by atoms with Crippen molar-refractivity contribution in [3.63, 3.8) is 0 Å². The van der Waals surface area contributed by atoms with E-state index in [2.05, 4.69) is 0 Å². The largest absolute Gasteiger partial charge is 0.389 e. The molecule has 2 aliphatic rings. The standard InChI is InChI=1S/C19H26O2/c20-17(16-10-4-1-5-11-16)18(12-6-2-7-13-18)19(21)14-8-3-9-15-19/h1,4-5,10-11,21H,2-3,6-9,12-15H2. The predicted molar refractivity (Wildman–Crippen MR) is 84.3 cm³/mol. The van der Waals surface area contributed by atoms with E-state index in [0.29, 0.717) is 0 Å². The molecule has 2 nitrogen and oxygen atoms in total. The van der Waals surface area contributed by atoms with Crippen molar-refractivity contribution in [1.29, 1.82) is 0 Å². The Balaban J connectivity index is 1.98. The summed E-state index contributed by atoms with van der Waals surface area (Å²) in [6, 6.07) is 9.61. The molecule has 2 aliphatic carbocycles. The average molecular weight is 286 g/mol. The first-order chi connectivity index (χ1) is 10.2. The minimum absolute atomic E-state index is 0.187. The summed E-state index contributed by atoms with van der Waals surface area (Å²) >= 11 is 0. The molecular formula is C19H26O2. The van der Waals surface area contributed by atoms with Gasteiger partial charge in [-0.2, -0.15) is 0 Å². The maximum Gasteiger partial charge on any atom is 0.171 e. The van der Waals surface area contributed by atoms with Crippen LogP contribution in [0.3, 0.4) is 0 Å².